The molecule has 0 saturated heterocycles. The minimum atomic E-state index is -0.357. The number of benzene rings is 1. The van der Waals surface area contributed by atoms with E-state index < -0.39 is 0 Å². The van der Waals surface area contributed by atoms with Gasteiger partial charge in [-0.25, -0.2) is 0 Å². The van der Waals surface area contributed by atoms with Gasteiger partial charge in [-0.2, -0.15) is 5.26 Å². The summed E-state index contributed by atoms with van der Waals surface area (Å²) in [5.41, 5.74) is 1.14. The number of nitriles is 1. The number of aromatic hydroxyl groups is 1. The first-order valence-electron chi connectivity index (χ1n) is 6.99. The predicted molar refractivity (Wildman–Crippen MR) is 81.4 cm³/mol. The minimum Gasteiger partial charge on any atom is -0.508 e. The van der Waals surface area contributed by atoms with E-state index in [1.165, 1.54) is 6.20 Å². The van der Waals surface area contributed by atoms with Crippen LogP contribution in [0.3, 0.4) is 0 Å². The molecule has 1 atom stereocenters. The second-order valence-electron chi connectivity index (χ2n) is 4.82. The van der Waals surface area contributed by atoms with Crippen LogP contribution in [0.4, 0.5) is 0 Å². The van der Waals surface area contributed by atoms with Crippen molar-refractivity contribution in [3.63, 3.8) is 0 Å². The lowest BCUT2D eigenvalue weighted by molar-refractivity contribution is -0.117. The summed E-state index contributed by atoms with van der Waals surface area (Å²) in [5, 5.41) is 23.9. The summed E-state index contributed by atoms with van der Waals surface area (Å²) in [6.07, 6.45) is 3.00. The Labute approximate surface area is 125 Å². The van der Waals surface area contributed by atoms with Crippen LogP contribution in [0.5, 0.6) is 5.75 Å². The van der Waals surface area contributed by atoms with E-state index in [-0.39, 0.29) is 23.3 Å². The molecule has 1 unspecified atom stereocenters. The molecule has 112 valence electrons. The molecule has 5 heteroatoms. The molecule has 5 nitrogen and oxygen atoms in total. The van der Waals surface area contributed by atoms with Crippen LogP contribution in [0.25, 0.3) is 0 Å². The number of hydrogen-bond acceptors (Lipinski definition) is 4. The van der Waals surface area contributed by atoms with Gasteiger partial charge in [0, 0.05) is 18.8 Å². The van der Waals surface area contributed by atoms with Crippen LogP contribution in [0.2, 0.25) is 0 Å². The Morgan fingerprint density at radius 1 is 1.43 bits per heavy atom. The molecule has 0 saturated carbocycles. The van der Waals surface area contributed by atoms with Crippen LogP contribution in [-0.2, 0) is 11.2 Å². The second kappa shape index (κ2) is 8.64. The predicted octanol–water partition coefficient (Wildman–Crippen LogP) is 1.85. The molecule has 1 aromatic carbocycles. The molecule has 0 aliphatic heterocycles. The van der Waals surface area contributed by atoms with Gasteiger partial charge in [-0.3, -0.25) is 4.79 Å². The zero-order valence-corrected chi connectivity index (χ0v) is 12.4. The number of nitrogens with one attached hydrogen (secondary N) is 2. The number of amides is 1. The van der Waals surface area contributed by atoms with Crippen molar-refractivity contribution in [2.45, 2.75) is 32.7 Å². The summed E-state index contributed by atoms with van der Waals surface area (Å²) in [7, 11) is 0. The molecule has 1 rings (SSSR count). The second-order valence-corrected chi connectivity index (χ2v) is 4.82. The van der Waals surface area contributed by atoms with Crippen molar-refractivity contribution in [2.24, 2.45) is 0 Å². The molecule has 21 heavy (non-hydrogen) atoms. The van der Waals surface area contributed by atoms with E-state index in [1.54, 1.807) is 12.1 Å². The van der Waals surface area contributed by atoms with Gasteiger partial charge in [0.05, 0.1) is 0 Å². The first-order valence-corrected chi connectivity index (χ1v) is 6.99. The van der Waals surface area contributed by atoms with Crippen molar-refractivity contribution in [2.75, 3.05) is 6.54 Å². The summed E-state index contributed by atoms with van der Waals surface area (Å²) in [6.45, 7) is 4.47. The summed E-state index contributed by atoms with van der Waals surface area (Å²) < 4.78 is 0. The number of carbonyl (C=O) groups is 1. The molecule has 3 N–H and O–H groups in total. The molecule has 0 radical (unpaired) electrons. The van der Waals surface area contributed by atoms with Crippen LogP contribution >= 0.6 is 0 Å². The number of hydrogen-bond donors (Lipinski definition) is 3. The Hall–Kier alpha value is -2.48. The minimum absolute atomic E-state index is 0.0475. The van der Waals surface area contributed by atoms with Crippen molar-refractivity contribution in [1.82, 2.24) is 10.6 Å². The number of phenols is 1. The van der Waals surface area contributed by atoms with Gasteiger partial charge in [-0.15, -0.1) is 0 Å². The topological polar surface area (TPSA) is 85.2 Å². The van der Waals surface area contributed by atoms with Crippen molar-refractivity contribution in [1.29, 1.82) is 5.26 Å². The first kappa shape index (κ1) is 16.6. The van der Waals surface area contributed by atoms with Crippen molar-refractivity contribution < 1.29 is 9.90 Å². The van der Waals surface area contributed by atoms with Crippen molar-refractivity contribution >= 4 is 5.91 Å². The van der Waals surface area contributed by atoms with E-state index in [4.69, 9.17) is 5.26 Å². The molecule has 0 heterocycles. The largest absolute Gasteiger partial charge is 0.508 e. The summed E-state index contributed by atoms with van der Waals surface area (Å²) >= 11 is 0. The van der Waals surface area contributed by atoms with Crippen LogP contribution in [-0.4, -0.2) is 23.6 Å². The van der Waals surface area contributed by atoms with Gasteiger partial charge in [-0.05, 0) is 37.5 Å². The van der Waals surface area contributed by atoms with Gasteiger partial charge in [-0.1, -0.05) is 19.1 Å². The van der Waals surface area contributed by atoms with Crippen LogP contribution in [0.1, 0.15) is 25.8 Å². The first-order chi connectivity index (χ1) is 10.1. The third kappa shape index (κ3) is 6.00. The Kier molecular flexibility index (Phi) is 6.82. The highest BCUT2D eigenvalue weighted by Gasteiger charge is 2.10. The fourth-order valence-corrected chi connectivity index (χ4v) is 1.61. The lowest BCUT2D eigenvalue weighted by atomic mass is 10.1. The van der Waals surface area contributed by atoms with Crippen LogP contribution < -0.4 is 10.6 Å². The third-order valence-electron chi connectivity index (χ3n) is 3.10. The lowest BCUT2D eigenvalue weighted by Crippen LogP contribution is -2.33. The Balaban J connectivity index is 2.44. The Morgan fingerprint density at radius 2 is 2.10 bits per heavy atom. The summed E-state index contributed by atoms with van der Waals surface area (Å²) in [6, 6.07) is 8.87. The van der Waals surface area contributed by atoms with E-state index in [2.05, 4.69) is 10.6 Å². The average molecular weight is 287 g/mol. The maximum absolute atomic E-state index is 11.8. The quantitative estimate of drug-likeness (QED) is 0.406. The van der Waals surface area contributed by atoms with Gasteiger partial charge in [0.2, 0.25) is 0 Å². The highest BCUT2D eigenvalue weighted by molar-refractivity contribution is 5.97. The highest BCUT2D eigenvalue weighted by atomic mass is 16.3. The van der Waals surface area contributed by atoms with Crippen LogP contribution in [0, 0.1) is 11.3 Å². The molecule has 1 amide bonds. The number of rotatable bonds is 7. The standard InChI is InChI=1S/C16H21N3O2/c1-3-12(2)19-16(21)14(10-17)11-18-9-8-13-4-6-15(20)7-5-13/h4-7,11-12,18,20H,3,8-9H2,1-2H3,(H,19,21)/b14-11-. The highest BCUT2D eigenvalue weighted by Crippen LogP contribution is 2.09. The van der Waals surface area contributed by atoms with Crippen molar-refractivity contribution in [3.8, 4) is 11.8 Å². The monoisotopic (exact) mass is 287 g/mol. The Bertz CT molecular complexity index is 529. The molecule has 0 bridgehead atoms. The molecular weight excluding hydrogens is 266 g/mol. The van der Waals surface area contributed by atoms with Crippen molar-refractivity contribution in [3.05, 3.63) is 41.6 Å². The SMILES string of the molecule is CCC(C)NC(=O)/C(C#N)=C\NCCc1ccc(O)cc1. The van der Waals surface area contributed by atoms with Gasteiger partial charge in [0.15, 0.2) is 0 Å². The maximum atomic E-state index is 11.8. The molecule has 0 aliphatic carbocycles. The van der Waals surface area contributed by atoms with Gasteiger partial charge >= 0.3 is 0 Å². The number of nitrogens with zero attached hydrogens (tertiary/aromatic N) is 1. The molecule has 1 aromatic rings. The van der Waals surface area contributed by atoms with E-state index in [0.717, 1.165) is 18.4 Å². The van der Waals surface area contributed by atoms with E-state index in [0.29, 0.717) is 6.54 Å². The normalized spacial score (nSPS) is 12.3. The lowest BCUT2D eigenvalue weighted by Gasteiger charge is -2.10. The van der Waals surface area contributed by atoms with E-state index in [9.17, 15) is 9.90 Å². The van der Waals surface area contributed by atoms with Gasteiger partial charge in [0.25, 0.3) is 5.91 Å². The summed E-state index contributed by atoms with van der Waals surface area (Å²) in [4.78, 5) is 11.8. The van der Waals surface area contributed by atoms with Gasteiger partial charge < -0.3 is 15.7 Å². The van der Waals surface area contributed by atoms with E-state index >= 15 is 0 Å². The molecule has 0 aliphatic rings. The maximum Gasteiger partial charge on any atom is 0.263 e. The third-order valence-corrected chi connectivity index (χ3v) is 3.10. The molecule has 0 spiro atoms. The number of carbonyl (C=O) groups excluding carboxylic acids is 1. The molecular formula is C16H21N3O2. The molecule has 0 aromatic heterocycles. The van der Waals surface area contributed by atoms with Crippen LogP contribution in [0.15, 0.2) is 36.0 Å². The Morgan fingerprint density at radius 3 is 2.67 bits per heavy atom. The smallest absolute Gasteiger partial charge is 0.263 e. The fourth-order valence-electron chi connectivity index (χ4n) is 1.61. The van der Waals surface area contributed by atoms with E-state index in [1.807, 2.05) is 32.0 Å². The van der Waals surface area contributed by atoms with Gasteiger partial charge in [0.1, 0.15) is 17.4 Å². The number of phenolic OH excluding ortho intramolecular Hbond substituents is 1. The fraction of sp³-hybridized carbons (Fsp3) is 0.375. The zero-order valence-electron chi connectivity index (χ0n) is 12.4. The summed E-state index contributed by atoms with van der Waals surface area (Å²) in [5.74, 6) is -0.121. The zero-order chi connectivity index (χ0) is 15.7. The average Bonchev–Trinajstić information content (AvgIpc) is 2.48. The molecule has 0 fully saturated rings.